The molecule has 1 aromatic carbocycles. The Morgan fingerprint density at radius 1 is 1.04 bits per heavy atom. The highest BCUT2D eigenvalue weighted by atomic mass is 16.1. The highest BCUT2D eigenvalue weighted by Crippen LogP contribution is 2.20. The van der Waals surface area contributed by atoms with Gasteiger partial charge in [-0.15, -0.1) is 0 Å². The van der Waals surface area contributed by atoms with Crippen LogP contribution in [0, 0.1) is 0 Å². The topological polar surface area (TPSA) is 66.9 Å². The van der Waals surface area contributed by atoms with Crippen LogP contribution in [0.4, 0.5) is 11.4 Å². The van der Waals surface area contributed by atoms with Crippen LogP contribution in [0.1, 0.15) is 41.4 Å². The molecule has 2 aromatic heterocycles. The number of nitrogens with one attached hydrogen (secondary N) is 2. The molecule has 2 N–H and O–H groups in total. The molecular weight excluding hydrogens is 324 g/mol. The van der Waals surface area contributed by atoms with E-state index in [-0.39, 0.29) is 5.91 Å². The summed E-state index contributed by atoms with van der Waals surface area (Å²) in [6.07, 6.45) is 4.96. The minimum absolute atomic E-state index is 0.179. The molecule has 0 unspecified atom stereocenters. The molecule has 3 aromatic rings. The Balaban J connectivity index is 1.64. The van der Waals surface area contributed by atoms with Gasteiger partial charge in [0.15, 0.2) is 0 Å². The highest BCUT2D eigenvalue weighted by Gasteiger charge is 2.08. The van der Waals surface area contributed by atoms with Crippen molar-refractivity contribution in [2.45, 2.75) is 26.3 Å². The summed E-state index contributed by atoms with van der Waals surface area (Å²) in [4.78, 5) is 20.7. The number of nitrogens with zero attached hydrogens (tertiary/aromatic N) is 2. The van der Waals surface area contributed by atoms with Gasteiger partial charge in [-0.3, -0.25) is 14.8 Å². The minimum atomic E-state index is -0.179. The number of anilines is 2. The standard InChI is InChI=1S/C21H22N4O/c1-15(2)16-6-8-18(9-7-16)25-20-11-17(12-22-13-20)21(26)24-14-19-5-3-4-10-23-19/h3-13,15,25H,14H2,1-2H3,(H,24,26). The molecule has 0 fully saturated rings. The maximum absolute atomic E-state index is 12.3. The predicted molar refractivity (Wildman–Crippen MR) is 103 cm³/mol. The zero-order valence-corrected chi connectivity index (χ0v) is 14.9. The van der Waals surface area contributed by atoms with Gasteiger partial charge in [-0.05, 0) is 41.8 Å². The van der Waals surface area contributed by atoms with Crippen LogP contribution in [-0.2, 0) is 6.54 Å². The zero-order chi connectivity index (χ0) is 18.4. The van der Waals surface area contributed by atoms with Crippen molar-refractivity contribution in [2.75, 3.05) is 5.32 Å². The number of rotatable bonds is 6. The van der Waals surface area contributed by atoms with Crippen molar-refractivity contribution < 1.29 is 4.79 Å². The van der Waals surface area contributed by atoms with Gasteiger partial charge < -0.3 is 10.6 Å². The molecule has 132 valence electrons. The van der Waals surface area contributed by atoms with Crippen LogP contribution in [0.3, 0.4) is 0 Å². The van der Waals surface area contributed by atoms with E-state index in [9.17, 15) is 4.79 Å². The minimum Gasteiger partial charge on any atom is -0.354 e. The SMILES string of the molecule is CC(C)c1ccc(Nc2cncc(C(=O)NCc3ccccn3)c2)cc1. The van der Waals surface area contributed by atoms with Crippen LogP contribution in [0.15, 0.2) is 67.1 Å². The predicted octanol–water partition coefficient (Wildman–Crippen LogP) is 4.27. The van der Waals surface area contributed by atoms with Crippen LogP contribution in [-0.4, -0.2) is 15.9 Å². The third-order valence-electron chi connectivity index (χ3n) is 4.02. The fraction of sp³-hybridized carbons (Fsp3) is 0.190. The molecule has 5 heteroatoms. The van der Waals surface area contributed by atoms with Crippen molar-refractivity contribution in [1.82, 2.24) is 15.3 Å². The van der Waals surface area contributed by atoms with Gasteiger partial charge in [0.2, 0.25) is 0 Å². The summed E-state index contributed by atoms with van der Waals surface area (Å²) in [6.45, 7) is 4.72. The van der Waals surface area contributed by atoms with Gasteiger partial charge in [0, 0.05) is 18.1 Å². The van der Waals surface area contributed by atoms with Crippen molar-refractivity contribution >= 4 is 17.3 Å². The summed E-state index contributed by atoms with van der Waals surface area (Å²) in [7, 11) is 0. The van der Waals surface area contributed by atoms with E-state index in [0.29, 0.717) is 18.0 Å². The van der Waals surface area contributed by atoms with E-state index in [1.165, 1.54) is 5.56 Å². The van der Waals surface area contributed by atoms with Crippen LogP contribution in [0.2, 0.25) is 0 Å². The van der Waals surface area contributed by atoms with Gasteiger partial charge >= 0.3 is 0 Å². The van der Waals surface area contributed by atoms with Gasteiger partial charge in [-0.1, -0.05) is 32.0 Å². The van der Waals surface area contributed by atoms with E-state index in [0.717, 1.165) is 17.1 Å². The molecule has 0 saturated heterocycles. The van der Waals surface area contributed by atoms with Crippen LogP contribution < -0.4 is 10.6 Å². The zero-order valence-electron chi connectivity index (χ0n) is 14.9. The van der Waals surface area contributed by atoms with Crippen molar-refractivity contribution in [1.29, 1.82) is 0 Å². The van der Waals surface area contributed by atoms with Crippen molar-refractivity contribution in [2.24, 2.45) is 0 Å². The molecule has 5 nitrogen and oxygen atoms in total. The summed E-state index contributed by atoms with van der Waals surface area (Å²) in [5, 5.41) is 6.14. The number of amides is 1. The van der Waals surface area contributed by atoms with E-state index >= 15 is 0 Å². The van der Waals surface area contributed by atoms with Gasteiger partial charge in [-0.2, -0.15) is 0 Å². The molecule has 26 heavy (non-hydrogen) atoms. The number of hydrogen-bond acceptors (Lipinski definition) is 4. The lowest BCUT2D eigenvalue weighted by Gasteiger charge is -2.10. The first-order chi connectivity index (χ1) is 12.6. The molecule has 0 aliphatic rings. The largest absolute Gasteiger partial charge is 0.354 e. The highest BCUT2D eigenvalue weighted by molar-refractivity contribution is 5.94. The molecule has 0 aliphatic carbocycles. The molecule has 0 aliphatic heterocycles. The summed E-state index contributed by atoms with van der Waals surface area (Å²) < 4.78 is 0. The van der Waals surface area contributed by atoms with Crippen LogP contribution >= 0.6 is 0 Å². The molecule has 1 amide bonds. The third kappa shape index (κ3) is 4.66. The Morgan fingerprint density at radius 2 is 1.85 bits per heavy atom. The van der Waals surface area contributed by atoms with E-state index in [1.54, 1.807) is 24.7 Å². The normalized spacial score (nSPS) is 10.6. The Bertz CT molecular complexity index is 861. The number of pyridine rings is 2. The average Bonchev–Trinajstić information content (AvgIpc) is 2.67. The van der Waals surface area contributed by atoms with E-state index in [4.69, 9.17) is 0 Å². The van der Waals surface area contributed by atoms with Crippen molar-refractivity contribution in [3.63, 3.8) is 0 Å². The number of carbonyl (C=O) groups excluding carboxylic acids is 1. The number of hydrogen-bond donors (Lipinski definition) is 2. The smallest absolute Gasteiger partial charge is 0.253 e. The molecule has 2 heterocycles. The lowest BCUT2D eigenvalue weighted by molar-refractivity contribution is 0.0950. The fourth-order valence-corrected chi connectivity index (χ4v) is 2.53. The molecule has 0 radical (unpaired) electrons. The van der Waals surface area contributed by atoms with Gasteiger partial charge in [0.25, 0.3) is 5.91 Å². The Labute approximate surface area is 153 Å². The monoisotopic (exact) mass is 346 g/mol. The van der Waals surface area contributed by atoms with Gasteiger partial charge in [0.1, 0.15) is 0 Å². The van der Waals surface area contributed by atoms with Crippen LogP contribution in [0.25, 0.3) is 0 Å². The third-order valence-corrected chi connectivity index (χ3v) is 4.02. The molecule has 0 spiro atoms. The first-order valence-corrected chi connectivity index (χ1v) is 8.62. The van der Waals surface area contributed by atoms with Gasteiger partial charge in [-0.25, -0.2) is 0 Å². The second-order valence-corrected chi connectivity index (χ2v) is 6.37. The van der Waals surface area contributed by atoms with Crippen molar-refractivity contribution in [3.05, 3.63) is 83.9 Å². The number of aromatic nitrogens is 2. The van der Waals surface area contributed by atoms with E-state index in [2.05, 4.69) is 46.6 Å². The molecular formula is C21H22N4O. The molecule has 3 rings (SSSR count). The Kier molecular flexibility index (Phi) is 5.59. The molecule has 0 atom stereocenters. The lowest BCUT2D eigenvalue weighted by atomic mass is 10.0. The molecule has 0 saturated carbocycles. The quantitative estimate of drug-likeness (QED) is 0.699. The lowest BCUT2D eigenvalue weighted by Crippen LogP contribution is -2.23. The van der Waals surface area contributed by atoms with Gasteiger partial charge in [0.05, 0.1) is 29.7 Å². The summed E-state index contributed by atoms with van der Waals surface area (Å²) >= 11 is 0. The molecule has 0 bridgehead atoms. The second kappa shape index (κ2) is 8.25. The number of benzene rings is 1. The summed E-state index contributed by atoms with van der Waals surface area (Å²) in [5.74, 6) is 0.318. The Hall–Kier alpha value is -3.21. The fourth-order valence-electron chi connectivity index (χ4n) is 2.53. The first kappa shape index (κ1) is 17.6. The second-order valence-electron chi connectivity index (χ2n) is 6.37. The average molecular weight is 346 g/mol. The summed E-state index contributed by atoms with van der Waals surface area (Å²) in [5.41, 5.74) is 4.34. The van der Waals surface area contributed by atoms with E-state index < -0.39 is 0 Å². The Morgan fingerprint density at radius 3 is 2.54 bits per heavy atom. The summed E-state index contributed by atoms with van der Waals surface area (Å²) in [6, 6.07) is 15.7. The maximum atomic E-state index is 12.3. The van der Waals surface area contributed by atoms with E-state index in [1.807, 2.05) is 30.3 Å². The van der Waals surface area contributed by atoms with Crippen LogP contribution in [0.5, 0.6) is 0 Å². The van der Waals surface area contributed by atoms with Crippen molar-refractivity contribution in [3.8, 4) is 0 Å². The number of carbonyl (C=O) groups is 1. The maximum Gasteiger partial charge on any atom is 0.253 e. The first-order valence-electron chi connectivity index (χ1n) is 8.62.